The van der Waals surface area contributed by atoms with E-state index in [1.807, 2.05) is 24.3 Å². The highest BCUT2D eigenvalue weighted by Gasteiger charge is 2.32. The van der Waals surface area contributed by atoms with Gasteiger partial charge in [-0.3, -0.25) is 14.6 Å². The number of rotatable bonds is 7. The summed E-state index contributed by atoms with van der Waals surface area (Å²) in [6.07, 6.45) is 10.4. The van der Waals surface area contributed by atoms with Gasteiger partial charge in [0.05, 0.1) is 25.3 Å². The van der Waals surface area contributed by atoms with Crippen molar-refractivity contribution >= 4 is 11.8 Å². The first-order chi connectivity index (χ1) is 13.2. The van der Waals surface area contributed by atoms with Crippen LogP contribution in [-0.4, -0.2) is 46.2 Å². The first-order valence-electron chi connectivity index (χ1n) is 9.09. The van der Waals surface area contributed by atoms with Crippen LogP contribution in [0.4, 0.5) is 0 Å². The molecule has 0 unspecified atom stereocenters. The van der Waals surface area contributed by atoms with Crippen LogP contribution < -0.4 is 0 Å². The van der Waals surface area contributed by atoms with Crippen LogP contribution in [0.3, 0.4) is 0 Å². The standard InChI is InChI=1S/C21H23N3O3/c1-2-12-24(16-19-7-5-14-27-19)21(26)17-8-9-20(25)23(15-17)13-10-18-6-3-4-11-22-18/h1,3-7,11,14,17H,8-10,12-13,15-16H2/t17-/m1/s1. The molecule has 140 valence electrons. The first-order valence-corrected chi connectivity index (χ1v) is 9.09. The van der Waals surface area contributed by atoms with Gasteiger partial charge in [0.25, 0.3) is 0 Å². The molecule has 2 aromatic heterocycles. The predicted octanol–water partition coefficient (Wildman–Crippen LogP) is 2.12. The normalized spacial score (nSPS) is 16.8. The van der Waals surface area contributed by atoms with Gasteiger partial charge < -0.3 is 14.2 Å². The number of terminal acetylenes is 1. The van der Waals surface area contributed by atoms with Crippen LogP contribution in [0.15, 0.2) is 47.2 Å². The lowest BCUT2D eigenvalue weighted by Gasteiger charge is -2.34. The summed E-state index contributed by atoms with van der Waals surface area (Å²) in [6, 6.07) is 9.34. The van der Waals surface area contributed by atoms with E-state index < -0.39 is 0 Å². The van der Waals surface area contributed by atoms with Crippen molar-refractivity contribution in [3.05, 3.63) is 54.2 Å². The number of pyridine rings is 1. The Morgan fingerprint density at radius 3 is 2.96 bits per heavy atom. The molecule has 2 aromatic rings. The third-order valence-corrected chi connectivity index (χ3v) is 4.73. The summed E-state index contributed by atoms with van der Waals surface area (Å²) in [5.41, 5.74) is 0.936. The van der Waals surface area contributed by atoms with Gasteiger partial charge in [0.15, 0.2) is 0 Å². The van der Waals surface area contributed by atoms with Crippen molar-refractivity contribution in [1.82, 2.24) is 14.8 Å². The molecule has 1 aliphatic heterocycles. The van der Waals surface area contributed by atoms with Crippen LogP contribution in [-0.2, 0) is 22.6 Å². The lowest BCUT2D eigenvalue weighted by molar-refractivity contribution is -0.143. The maximum absolute atomic E-state index is 13.0. The Morgan fingerprint density at radius 2 is 2.26 bits per heavy atom. The Labute approximate surface area is 159 Å². The molecule has 0 radical (unpaired) electrons. The Kier molecular flexibility index (Phi) is 6.26. The summed E-state index contributed by atoms with van der Waals surface area (Å²) in [6.45, 7) is 1.54. The lowest BCUT2D eigenvalue weighted by atomic mass is 9.95. The number of hydrogen-bond acceptors (Lipinski definition) is 4. The fourth-order valence-corrected chi connectivity index (χ4v) is 3.30. The minimum Gasteiger partial charge on any atom is -0.467 e. The highest BCUT2D eigenvalue weighted by Crippen LogP contribution is 2.21. The molecule has 0 bridgehead atoms. The highest BCUT2D eigenvalue weighted by molar-refractivity contribution is 5.84. The number of carbonyl (C=O) groups is 2. The molecule has 1 saturated heterocycles. The molecule has 1 fully saturated rings. The predicted molar refractivity (Wildman–Crippen MR) is 100 cm³/mol. The first kappa shape index (κ1) is 18.7. The van der Waals surface area contributed by atoms with Crippen LogP contribution in [0, 0.1) is 18.3 Å². The van der Waals surface area contributed by atoms with E-state index in [1.54, 1.807) is 28.3 Å². The van der Waals surface area contributed by atoms with Crippen molar-refractivity contribution in [2.45, 2.75) is 25.8 Å². The molecule has 1 atom stereocenters. The van der Waals surface area contributed by atoms with Gasteiger partial charge in [-0.05, 0) is 30.7 Å². The van der Waals surface area contributed by atoms with E-state index in [0.717, 1.165) is 5.69 Å². The monoisotopic (exact) mass is 365 g/mol. The number of likely N-dealkylation sites (tertiary alicyclic amines) is 1. The molecule has 6 nitrogen and oxygen atoms in total. The van der Waals surface area contributed by atoms with Gasteiger partial charge in [-0.2, -0.15) is 0 Å². The number of amides is 2. The zero-order chi connectivity index (χ0) is 19.1. The minimum absolute atomic E-state index is 0.0281. The van der Waals surface area contributed by atoms with Gasteiger partial charge in [0.2, 0.25) is 11.8 Å². The third-order valence-electron chi connectivity index (χ3n) is 4.73. The molecular weight excluding hydrogens is 342 g/mol. The van der Waals surface area contributed by atoms with Crippen LogP contribution in [0.5, 0.6) is 0 Å². The van der Waals surface area contributed by atoms with Crippen molar-refractivity contribution in [3.63, 3.8) is 0 Å². The molecule has 1 aliphatic rings. The summed E-state index contributed by atoms with van der Waals surface area (Å²) < 4.78 is 5.34. The van der Waals surface area contributed by atoms with E-state index >= 15 is 0 Å². The van der Waals surface area contributed by atoms with Crippen LogP contribution in [0.1, 0.15) is 24.3 Å². The number of nitrogens with zero attached hydrogens (tertiary/aromatic N) is 3. The van der Waals surface area contributed by atoms with Crippen molar-refractivity contribution in [1.29, 1.82) is 0 Å². The molecule has 3 heterocycles. The van der Waals surface area contributed by atoms with E-state index in [0.29, 0.717) is 44.7 Å². The van der Waals surface area contributed by atoms with Crippen molar-refractivity contribution in [3.8, 4) is 12.3 Å². The molecule has 0 saturated carbocycles. The minimum atomic E-state index is -0.241. The molecule has 0 N–H and O–H groups in total. The number of furan rings is 1. The smallest absolute Gasteiger partial charge is 0.228 e. The van der Waals surface area contributed by atoms with Crippen LogP contribution in [0.2, 0.25) is 0 Å². The SMILES string of the molecule is C#CCN(Cc1ccco1)C(=O)[C@@H]1CCC(=O)N(CCc2ccccn2)C1. The second-order valence-electron chi connectivity index (χ2n) is 6.62. The molecule has 2 amide bonds. The Bertz CT molecular complexity index is 796. The van der Waals surface area contributed by atoms with Crippen molar-refractivity contribution in [2.24, 2.45) is 5.92 Å². The average molecular weight is 365 g/mol. The van der Waals surface area contributed by atoms with Crippen LogP contribution >= 0.6 is 0 Å². The number of carbonyl (C=O) groups excluding carboxylic acids is 2. The molecule has 6 heteroatoms. The number of piperidine rings is 1. The van der Waals surface area contributed by atoms with E-state index in [2.05, 4.69) is 10.9 Å². The van der Waals surface area contributed by atoms with Gasteiger partial charge in [-0.15, -0.1) is 6.42 Å². The average Bonchev–Trinajstić information content (AvgIpc) is 3.20. The zero-order valence-corrected chi connectivity index (χ0v) is 15.2. The van der Waals surface area contributed by atoms with E-state index in [-0.39, 0.29) is 24.3 Å². The van der Waals surface area contributed by atoms with E-state index in [4.69, 9.17) is 10.8 Å². The van der Waals surface area contributed by atoms with Crippen molar-refractivity contribution < 1.29 is 14.0 Å². The maximum atomic E-state index is 13.0. The van der Waals surface area contributed by atoms with Gasteiger partial charge in [0, 0.05) is 37.8 Å². The summed E-state index contributed by atoms with van der Waals surface area (Å²) in [5.74, 6) is 3.05. The Hall–Kier alpha value is -3.07. The van der Waals surface area contributed by atoms with Gasteiger partial charge in [-0.1, -0.05) is 12.0 Å². The zero-order valence-electron chi connectivity index (χ0n) is 15.2. The fourth-order valence-electron chi connectivity index (χ4n) is 3.30. The lowest BCUT2D eigenvalue weighted by Crippen LogP contribution is -2.47. The van der Waals surface area contributed by atoms with Gasteiger partial charge >= 0.3 is 0 Å². The van der Waals surface area contributed by atoms with E-state index in [9.17, 15) is 9.59 Å². The second-order valence-corrected chi connectivity index (χ2v) is 6.62. The molecule has 0 aliphatic carbocycles. The summed E-state index contributed by atoms with van der Waals surface area (Å²) in [5, 5.41) is 0. The molecule has 3 rings (SSSR count). The van der Waals surface area contributed by atoms with Crippen molar-refractivity contribution in [2.75, 3.05) is 19.6 Å². The second kappa shape index (κ2) is 9.04. The number of aromatic nitrogens is 1. The molecule has 0 spiro atoms. The summed E-state index contributed by atoms with van der Waals surface area (Å²) >= 11 is 0. The topological polar surface area (TPSA) is 66.7 Å². The molecule has 27 heavy (non-hydrogen) atoms. The fraction of sp³-hybridized carbons (Fsp3) is 0.381. The van der Waals surface area contributed by atoms with Gasteiger partial charge in [-0.25, -0.2) is 0 Å². The maximum Gasteiger partial charge on any atom is 0.228 e. The molecule has 0 aromatic carbocycles. The Balaban J connectivity index is 1.61. The molecular formula is C21H23N3O3. The summed E-state index contributed by atoms with van der Waals surface area (Å²) in [7, 11) is 0. The van der Waals surface area contributed by atoms with Crippen LogP contribution in [0.25, 0.3) is 0 Å². The van der Waals surface area contributed by atoms with E-state index in [1.165, 1.54) is 0 Å². The highest BCUT2D eigenvalue weighted by atomic mass is 16.3. The summed E-state index contributed by atoms with van der Waals surface area (Å²) in [4.78, 5) is 32.9. The third kappa shape index (κ3) is 4.98. The largest absolute Gasteiger partial charge is 0.467 e. The Morgan fingerprint density at radius 1 is 1.37 bits per heavy atom. The van der Waals surface area contributed by atoms with Gasteiger partial charge in [0.1, 0.15) is 5.76 Å². The number of hydrogen-bond donors (Lipinski definition) is 0. The quantitative estimate of drug-likeness (QED) is 0.705.